The second kappa shape index (κ2) is 11.2. The number of anilines is 1. The number of nitrogens with zero attached hydrogens (tertiary/aromatic N) is 6. The van der Waals surface area contributed by atoms with Gasteiger partial charge in [0.2, 0.25) is 6.23 Å². The summed E-state index contributed by atoms with van der Waals surface area (Å²) in [6.07, 6.45) is 2.78. The van der Waals surface area contributed by atoms with E-state index in [9.17, 15) is 22.6 Å². The smallest absolute Gasteiger partial charge is 0.412 e. The number of carbonyl (C=O) groups excluding carboxylic acids is 2. The van der Waals surface area contributed by atoms with Crippen molar-refractivity contribution < 1.29 is 27.3 Å². The number of benzene rings is 1. The number of carbonyl (C=O) groups is 2. The molecule has 1 saturated heterocycles. The molecule has 2 aliphatic heterocycles. The minimum absolute atomic E-state index is 0.144. The number of hydrogen-bond donors (Lipinski definition) is 0. The molecule has 1 aromatic carbocycles. The van der Waals surface area contributed by atoms with Crippen molar-refractivity contribution in [3.63, 3.8) is 0 Å². The SMILES string of the molecule is CN1CCN(C(=O)O[C@H]2c3nccnc3C(=O)N2c2ccc(Cl)cn2)CC1.O=S(=O)([O-])c1ccccc1. The summed E-state index contributed by atoms with van der Waals surface area (Å²) in [5, 5.41) is 0.435. The Kier molecular flexibility index (Phi) is 7.97. The van der Waals surface area contributed by atoms with Gasteiger partial charge in [0, 0.05) is 44.8 Å². The van der Waals surface area contributed by atoms with Crippen LogP contribution in [0.25, 0.3) is 0 Å². The Morgan fingerprint density at radius 3 is 2.30 bits per heavy atom. The quantitative estimate of drug-likeness (QED) is 0.448. The zero-order chi connectivity index (χ0) is 26.6. The fourth-order valence-electron chi connectivity index (χ4n) is 3.63. The molecule has 0 saturated carbocycles. The Morgan fingerprint density at radius 2 is 1.70 bits per heavy atom. The predicted molar refractivity (Wildman–Crippen MR) is 131 cm³/mol. The van der Waals surface area contributed by atoms with Gasteiger partial charge in [-0.05, 0) is 31.3 Å². The number of ether oxygens (including phenoxy) is 1. The van der Waals surface area contributed by atoms with Crippen LogP contribution in [0.1, 0.15) is 22.4 Å². The third kappa shape index (κ3) is 6.20. The van der Waals surface area contributed by atoms with E-state index in [-0.39, 0.29) is 10.6 Å². The van der Waals surface area contributed by atoms with Crippen LogP contribution in [0.15, 0.2) is 66.0 Å². The molecule has 5 rings (SSSR count). The van der Waals surface area contributed by atoms with Gasteiger partial charge in [-0.1, -0.05) is 29.8 Å². The molecule has 2 aromatic heterocycles. The highest BCUT2D eigenvalue weighted by atomic mass is 35.5. The van der Waals surface area contributed by atoms with Gasteiger partial charge >= 0.3 is 6.09 Å². The van der Waals surface area contributed by atoms with E-state index in [1.165, 1.54) is 47.8 Å². The molecule has 0 spiro atoms. The summed E-state index contributed by atoms with van der Waals surface area (Å²) in [4.78, 5) is 42.8. The fraction of sp³-hybridized carbons (Fsp3) is 0.261. The van der Waals surface area contributed by atoms with Gasteiger partial charge in [0.05, 0.1) is 9.92 Å². The highest BCUT2D eigenvalue weighted by Crippen LogP contribution is 2.35. The number of rotatable bonds is 3. The highest BCUT2D eigenvalue weighted by Gasteiger charge is 2.44. The second-order valence-corrected chi connectivity index (χ2v) is 9.91. The molecule has 194 valence electrons. The number of likely N-dealkylation sites (N-methyl/N-ethyl adjacent to an activating group) is 1. The van der Waals surface area contributed by atoms with Crippen molar-refractivity contribution >= 4 is 39.5 Å². The molecule has 2 aliphatic rings. The maximum atomic E-state index is 12.8. The van der Waals surface area contributed by atoms with E-state index in [1.54, 1.807) is 23.1 Å². The molecule has 3 aromatic rings. The lowest BCUT2D eigenvalue weighted by Crippen LogP contribution is -2.48. The summed E-state index contributed by atoms with van der Waals surface area (Å²) in [7, 11) is -2.25. The summed E-state index contributed by atoms with van der Waals surface area (Å²) in [5.41, 5.74) is 0.437. The van der Waals surface area contributed by atoms with Crippen molar-refractivity contribution in [1.82, 2.24) is 24.8 Å². The average Bonchev–Trinajstić information content (AvgIpc) is 3.17. The molecular formula is C23H22ClN6O6S-. The molecule has 12 nitrogen and oxygen atoms in total. The first kappa shape index (κ1) is 26.4. The zero-order valence-corrected chi connectivity index (χ0v) is 21.2. The molecule has 2 amide bonds. The lowest BCUT2D eigenvalue weighted by Gasteiger charge is -2.33. The molecule has 14 heteroatoms. The van der Waals surface area contributed by atoms with Gasteiger partial charge in [-0.15, -0.1) is 0 Å². The molecule has 0 radical (unpaired) electrons. The molecule has 0 aliphatic carbocycles. The second-order valence-electron chi connectivity index (χ2n) is 8.09. The van der Waals surface area contributed by atoms with Crippen LogP contribution in [0.4, 0.5) is 10.6 Å². The Hall–Kier alpha value is -3.65. The Bertz CT molecular complexity index is 1370. The van der Waals surface area contributed by atoms with E-state index < -0.39 is 28.3 Å². The molecule has 0 bridgehead atoms. The molecule has 0 N–H and O–H groups in total. The first-order valence-corrected chi connectivity index (χ1v) is 12.8. The summed E-state index contributed by atoms with van der Waals surface area (Å²) < 4.78 is 36.5. The topological polar surface area (TPSA) is 149 Å². The zero-order valence-electron chi connectivity index (χ0n) is 19.6. The number of hydrogen-bond acceptors (Lipinski definition) is 10. The van der Waals surface area contributed by atoms with E-state index in [0.29, 0.717) is 29.6 Å². The van der Waals surface area contributed by atoms with Gasteiger partial charge in [0.1, 0.15) is 21.6 Å². The molecular weight excluding hydrogens is 524 g/mol. The van der Waals surface area contributed by atoms with Crippen LogP contribution in [0.2, 0.25) is 5.02 Å². The standard InChI is InChI=1S/C17H17ClN6O3.C6H6O3S/c1-22-6-8-23(9-7-22)17(26)27-16-14-13(19-4-5-20-14)15(25)24(16)12-3-2-11(18)10-21-12;7-10(8,9)6-4-2-1-3-5-6/h2-5,10,16H,6-9H2,1H3;1-5H,(H,7,8,9)/p-1/t16-;/m0./s1. The lowest BCUT2D eigenvalue weighted by molar-refractivity contribution is 0.0476. The van der Waals surface area contributed by atoms with E-state index in [0.717, 1.165) is 13.1 Å². The van der Waals surface area contributed by atoms with Crippen LogP contribution in [0.5, 0.6) is 0 Å². The molecule has 0 unspecified atom stereocenters. The van der Waals surface area contributed by atoms with Crippen molar-refractivity contribution in [2.24, 2.45) is 0 Å². The number of fused-ring (bicyclic) bond motifs is 1. The molecule has 1 fully saturated rings. The molecule has 1 atom stereocenters. The van der Waals surface area contributed by atoms with Gasteiger partial charge in [0.25, 0.3) is 5.91 Å². The Labute approximate surface area is 218 Å². The van der Waals surface area contributed by atoms with E-state index in [4.69, 9.17) is 16.3 Å². The third-order valence-corrected chi connectivity index (χ3v) is 6.65. The van der Waals surface area contributed by atoms with Crippen LogP contribution >= 0.6 is 11.6 Å². The van der Waals surface area contributed by atoms with Crippen LogP contribution in [0, 0.1) is 0 Å². The van der Waals surface area contributed by atoms with Gasteiger partial charge in [-0.25, -0.2) is 28.1 Å². The predicted octanol–water partition coefficient (Wildman–Crippen LogP) is 2.16. The van der Waals surface area contributed by atoms with Gasteiger partial charge in [0.15, 0.2) is 5.69 Å². The maximum absolute atomic E-state index is 12.8. The first-order chi connectivity index (χ1) is 17.6. The van der Waals surface area contributed by atoms with Gasteiger partial charge < -0.3 is 19.1 Å². The Morgan fingerprint density at radius 1 is 1.03 bits per heavy atom. The monoisotopic (exact) mass is 545 g/mol. The van der Waals surface area contributed by atoms with Crippen LogP contribution in [-0.4, -0.2) is 82.9 Å². The minimum atomic E-state index is -4.25. The summed E-state index contributed by atoms with van der Waals surface area (Å²) in [6.45, 7) is 2.64. The number of piperazine rings is 1. The fourth-order valence-corrected chi connectivity index (χ4v) is 4.23. The minimum Gasteiger partial charge on any atom is -0.744 e. The average molecular weight is 546 g/mol. The van der Waals surface area contributed by atoms with Crippen molar-refractivity contribution in [1.29, 1.82) is 0 Å². The third-order valence-electron chi connectivity index (χ3n) is 5.58. The van der Waals surface area contributed by atoms with Crippen LogP contribution in [0.3, 0.4) is 0 Å². The number of pyridine rings is 1. The van der Waals surface area contributed by atoms with E-state index in [2.05, 4.69) is 19.9 Å². The van der Waals surface area contributed by atoms with Crippen LogP contribution < -0.4 is 4.90 Å². The number of amides is 2. The van der Waals surface area contributed by atoms with Gasteiger partial charge in [-0.2, -0.15) is 0 Å². The van der Waals surface area contributed by atoms with Crippen molar-refractivity contribution in [2.45, 2.75) is 11.1 Å². The number of aromatic nitrogens is 3. The largest absolute Gasteiger partial charge is 0.744 e. The summed E-state index contributed by atoms with van der Waals surface area (Å²) in [5.74, 6) is -0.121. The lowest BCUT2D eigenvalue weighted by atomic mass is 10.3. The Balaban J connectivity index is 0.000000270. The highest BCUT2D eigenvalue weighted by molar-refractivity contribution is 7.85. The molecule has 4 heterocycles. The summed E-state index contributed by atoms with van der Waals surface area (Å²) >= 11 is 5.89. The number of halogens is 1. The van der Waals surface area contributed by atoms with Gasteiger partial charge in [-0.3, -0.25) is 9.78 Å². The normalized spacial score (nSPS) is 17.6. The van der Waals surface area contributed by atoms with Crippen molar-refractivity contribution in [3.8, 4) is 0 Å². The summed E-state index contributed by atoms with van der Waals surface area (Å²) in [6, 6.07) is 10.4. The van der Waals surface area contributed by atoms with E-state index >= 15 is 0 Å². The van der Waals surface area contributed by atoms with Crippen LogP contribution in [-0.2, 0) is 14.9 Å². The molecule has 37 heavy (non-hydrogen) atoms. The maximum Gasteiger partial charge on any atom is 0.412 e. The van der Waals surface area contributed by atoms with Crippen molar-refractivity contribution in [3.05, 3.63) is 77.5 Å². The first-order valence-electron chi connectivity index (χ1n) is 11.1. The van der Waals surface area contributed by atoms with Crippen molar-refractivity contribution in [2.75, 3.05) is 38.1 Å². The van der Waals surface area contributed by atoms with E-state index in [1.807, 2.05) is 7.05 Å².